The molecule has 1 aliphatic carbocycles. The second-order valence-electron chi connectivity index (χ2n) is 4.65. The van der Waals surface area contributed by atoms with Crippen molar-refractivity contribution in [2.45, 2.75) is 38.4 Å². The molecular weight excluding hydrogens is 318 g/mol. The second kappa shape index (κ2) is 5.59. The highest BCUT2D eigenvalue weighted by atomic mass is 79.9. The molecule has 1 unspecified atom stereocenters. The lowest BCUT2D eigenvalue weighted by atomic mass is 10.1. The molecule has 3 nitrogen and oxygen atoms in total. The van der Waals surface area contributed by atoms with Gasteiger partial charge in [-0.15, -0.1) is 0 Å². The number of rotatable bonds is 5. The third kappa shape index (κ3) is 3.25. The second-order valence-corrected chi connectivity index (χ2v) is 5.98. The van der Waals surface area contributed by atoms with Crippen molar-refractivity contribution in [3.63, 3.8) is 0 Å². The van der Waals surface area contributed by atoms with E-state index in [1.807, 2.05) is 23.1 Å². The van der Waals surface area contributed by atoms with Crippen LogP contribution in [0.2, 0.25) is 5.02 Å². The van der Waals surface area contributed by atoms with E-state index in [1.165, 1.54) is 0 Å². The van der Waals surface area contributed by atoms with Crippen molar-refractivity contribution in [1.29, 1.82) is 0 Å². The summed E-state index contributed by atoms with van der Waals surface area (Å²) in [6.45, 7) is 2.31. The minimum absolute atomic E-state index is 0.381. The van der Waals surface area contributed by atoms with Crippen molar-refractivity contribution in [3.8, 4) is 0 Å². The first-order chi connectivity index (χ1) is 8.49. The zero-order valence-corrected chi connectivity index (χ0v) is 12.4. The molecule has 1 aromatic rings. The zero-order valence-electron chi connectivity index (χ0n) is 10.1. The Morgan fingerprint density at radius 3 is 2.83 bits per heavy atom. The van der Waals surface area contributed by atoms with Crippen molar-refractivity contribution >= 4 is 33.5 Å². The fraction of sp³-hybridized carbons (Fsp3) is 0.462. The van der Waals surface area contributed by atoms with Crippen LogP contribution in [0.25, 0.3) is 0 Å². The fourth-order valence-corrected chi connectivity index (χ4v) is 2.58. The van der Waals surface area contributed by atoms with Crippen LogP contribution in [0.1, 0.15) is 25.3 Å². The molecule has 0 aromatic heterocycles. The van der Waals surface area contributed by atoms with Crippen LogP contribution in [0.3, 0.4) is 0 Å². The summed E-state index contributed by atoms with van der Waals surface area (Å²) in [6, 6.07) is 5.57. The van der Waals surface area contributed by atoms with Crippen molar-refractivity contribution in [1.82, 2.24) is 4.90 Å². The lowest BCUT2D eigenvalue weighted by molar-refractivity contribution is -0.143. The number of hydrogen-bond acceptors (Lipinski definition) is 2. The lowest BCUT2D eigenvalue weighted by Gasteiger charge is -2.26. The third-order valence-electron chi connectivity index (χ3n) is 3.23. The van der Waals surface area contributed by atoms with Crippen LogP contribution in [0.5, 0.6) is 0 Å². The minimum Gasteiger partial charge on any atom is -0.480 e. The SMILES string of the molecule is CC(C(=O)O)N(Cc1cc(Br)ccc1Cl)C1CC1. The average molecular weight is 333 g/mol. The van der Waals surface area contributed by atoms with E-state index in [1.54, 1.807) is 6.92 Å². The summed E-state index contributed by atoms with van der Waals surface area (Å²) >= 11 is 9.57. The molecule has 5 heteroatoms. The van der Waals surface area contributed by atoms with E-state index >= 15 is 0 Å². The number of halogens is 2. The van der Waals surface area contributed by atoms with E-state index in [-0.39, 0.29) is 0 Å². The van der Waals surface area contributed by atoms with E-state index in [4.69, 9.17) is 16.7 Å². The summed E-state index contributed by atoms with van der Waals surface area (Å²) in [5.41, 5.74) is 0.964. The van der Waals surface area contributed by atoms with Crippen LogP contribution < -0.4 is 0 Å². The highest BCUT2D eigenvalue weighted by Crippen LogP contribution is 2.32. The number of carbonyl (C=O) groups is 1. The van der Waals surface area contributed by atoms with Crippen molar-refractivity contribution in [2.24, 2.45) is 0 Å². The Bertz CT molecular complexity index is 462. The van der Waals surface area contributed by atoms with Crippen molar-refractivity contribution in [3.05, 3.63) is 33.3 Å². The molecule has 0 amide bonds. The van der Waals surface area contributed by atoms with Crippen LogP contribution >= 0.6 is 27.5 Å². The van der Waals surface area contributed by atoms with Gasteiger partial charge in [0.15, 0.2) is 0 Å². The summed E-state index contributed by atoms with van der Waals surface area (Å²) in [5.74, 6) is -0.784. The van der Waals surface area contributed by atoms with E-state index in [2.05, 4.69) is 15.9 Å². The summed E-state index contributed by atoms with van der Waals surface area (Å²) < 4.78 is 0.959. The lowest BCUT2D eigenvalue weighted by Crippen LogP contribution is -2.40. The van der Waals surface area contributed by atoms with Gasteiger partial charge < -0.3 is 5.11 Å². The smallest absolute Gasteiger partial charge is 0.320 e. The van der Waals surface area contributed by atoms with Gasteiger partial charge in [0.2, 0.25) is 0 Å². The average Bonchev–Trinajstić information content (AvgIpc) is 3.13. The first-order valence-electron chi connectivity index (χ1n) is 5.91. The molecule has 0 heterocycles. The van der Waals surface area contributed by atoms with Gasteiger partial charge in [0, 0.05) is 22.1 Å². The van der Waals surface area contributed by atoms with Gasteiger partial charge in [-0.3, -0.25) is 9.69 Å². The molecule has 0 radical (unpaired) electrons. The maximum atomic E-state index is 11.1. The van der Waals surface area contributed by atoms with E-state index in [0.29, 0.717) is 17.6 Å². The Morgan fingerprint density at radius 2 is 2.28 bits per heavy atom. The topological polar surface area (TPSA) is 40.5 Å². The van der Waals surface area contributed by atoms with Gasteiger partial charge in [-0.2, -0.15) is 0 Å². The number of carboxylic acid groups (broad SMARTS) is 1. The molecule has 0 spiro atoms. The van der Waals surface area contributed by atoms with Gasteiger partial charge in [0.25, 0.3) is 0 Å². The standard InChI is InChI=1S/C13H15BrClNO2/c1-8(13(17)18)16(11-3-4-11)7-9-6-10(14)2-5-12(9)15/h2,5-6,8,11H,3-4,7H2,1H3,(H,17,18). The highest BCUT2D eigenvalue weighted by Gasteiger charge is 2.35. The molecular formula is C13H15BrClNO2. The molecule has 18 heavy (non-hydrogen) atoms. The molecule has 1 aliphatic rings. The van der Waals surface area contributed by atoms with Crippen LogP contribution in [-0.4, -0.2) is 28.1 Å². The molecule has 0 bridgehead atoms. The van der Waals surface area contributed by atoms with Gasteiger partial charge in [-0.1, -0.05) is 27.5 Å². The van der Waals surface area contributed by atoms with Crippen molar-refractivity contribution in [2.75, 3.05) is 0 Å². The summed E-state index contributed by atoms with van der Waals surface area (Å²) in [7, 11) is 0. The molecule has 1 N–H and O–H groups in total. The van der Waals surface area contributed by atoms with Crippen LogP contribution in [0, 0.1) is 0 Å². The number of aliphatic carboxylic acids is 1. The molecule has 98 valence electrons. The molecule has 2 rings (SSSR count). The summed E-state index contributed by atoms with van der Waals surface area (Å²) in [6.07, 6.45) is 2.15. The quantitative estimate of drug-likeness (QED) is 0.896. The summed E-state index contributed by atoms with van der Waals surface area (Å²) in [5, 5.41) is 9.83. The Balaban J connectivity index is 2.18. The Labute approximate surface area is 120 Å². The first-order valence-corrected chi connectivity index (χ1v) is 7.08. The number of benzene rings is 1. The number of hydrogen-bond donors (Lipinski definition) is 1. The molecule has 1 saturated carbocycles. The normalized spacial score (nSPS) is 16.9. The Hall–Kier alpha value is -0.580. The molecule has 1 fully saturated rings. The first kappa shape index (κ1) is 13.8. The maximum absolute atomic E-state index is 11.1. The van der Waals surface area contributed by atoms with E-state index < -0.39 is 12.0 Å². The van der Waals surface area contributed by atoms with Gasteiger partial charge in [-0.25, -0.2) is 0 Å². The van der Waals surface area contributed by atoms with Gasteiger partial charge in [-0.05, 0) is 43.5 Å². The summed E-state index contributed by atoms with van der Waals surface area (Å²) in [4.78, 5) is 13.1. The maximum Gasteiger partial charge on any atom is 0.320 e. The van der Waals surface area contributed by atoms with E-state index in [9.17, 15) is 4.79 Å². The molecule has 1 aromatic carbocycles. The van der Waals surface area contributed by atoms with Crippen LogP contribution in [-0.2, 0) is 11.3 Å². The fourth-order valence-electron chi connectivity index (χ4n) is 1.99. The van der Waals surface area contributed by atoms with Gasteiger partial charge >= 0.3 is 5.97 Å². The molecule has 1 atom stereocenters. The third-order valence-corrected chi connectivity index (χ3v) is 4.09. The zero-order chi connectivity index (χ0) is 13.3. The van der Waals surface area contributed by atoms with E-state index in [0.717, 1.165) is 22.9 Å². The van der Waals surface area contributed by atoms with Crippen LogP contribution in [0.15, 0.2) is 22.7 Å². The minimum atomic E-state index is -0.784. The van der Waals surface area contributed by atoms with Crippen molar-refractivity contribution < 1.29 is 9.90 Å². The predicted molar refractivity (Wildman–Crippen MR) is 74.8 cm³/mol. The highest BCUT2D eigenvalue weighted by molar-refractivity contribution is 9.10. The van der Waals surface area contributed by atoms with Gasteiger partial charge in [0.1, 0.15) is 6.04 Å². The molecule has 0 aliphatic heterocycles. The van der Waals surface area contributed by atoms with Crippen LogP contribution in [0.4, 0.5) is 0 Å². The van der Waals surface area contributed by atoms with Gasteiger partial charge in [0.05, 0.1) is 0 Å². The Morgan fingerprint density at radius 1 is 1.61 bits per heavy atom. The monoisotopic (exact) mass is 331 g/mol. The molecule has 0 saturated heterocycles. The number of nitrogens with zero attached hydrogens (tertiary/aromatic N) is 1. The Kier molecular flexibility index (Phi) is 4.30. The predicted octanol–water partition coefficient (Wildman–Crippen LogP) is 3.54. The largest absolute Gasteiger partial charge is 0.480 e. The number of carboxylic acids is 1.